The lowest BCUT2D eigenvalue weighted by Crippen LogP contribution is -2.40. The van der Waals surface area contributed by atoms with Gasteiger partial charge in [-0.25, -0.2) is 4.31 Å². The molecule has 1 aliphatic rings. The van der Waals surface area contributed by atoms with Crippen LogP contribution >= 0.6 is 11.9 Å². The Morgan fingerprint density at radius 3 is 1.94 bits per heavy atom. The number of benzene rings is 2. The number of hydrogen-bond acceptors (Lipinski definition) is 4. The zero-order valence-electron chi connectivity index (χ0n) is 16.7. The first-order valence-electron chi connectivity index (χ1n) is 9.50. The van der Waals surface area contributed by atoms with Crippen molar-refractivity contribution in [2.75, 3.05) is 33.2 Å². The molecule has 1 saturated heterocycles. The van der Waals surface area contributed by atoms with Crippen LogP contribution in [0.25, 0.3) is 0 Å². The summed E-state index contributed by atoms with van der Waals surface area (Å²) in [6, 6.07) is 8.99. The van der Waals surface area contributed by atoms with Crippen LogP contribution in [0.5, 0.6) is 0 Å². The molecule has 0 spiro atoms. The minimum Gasteiger partial charge on any atom is -0.304 e. The average molecular weight is 461 g/mol. The molecule has 0 aliphatic carbocycles. The molecule has 2 aromatic rings. The lowest BCUT2D eigenvalue weighted by Gasteiger charge is -2.31. The molecule has 1 aliphatic heterocycles. The maximum atomic E-state index is 12.9. The van der Waals surface area contributed by atoms with Gasteiger partial charge >= 0.3 is 12.4 Å². The van der Waals surface area contributed by atoms with Crippen LogP contribution in [0, 0.1) is 0 Å². The average Bonchev–Trinajstić information content (AvgIpc) is 2.69. The molecule has 0 atom stereocenters. The molecule has 1 heterocycles. The maximum Gasteiger partial charge on any atom is 0.416 e. The number of rotatable bonds is 5. The van der Waals surface area contributed by atoms with Gasteiger partial charge in [-0.1, -0.05) is 12.1 Å². The van der Waals surface area contributed by atoms with Gasteiger partial charge in [-0.15, -0.1) is 0 Å². The van der Waals surface area contributed by atoms with Crippen molar-refractivity contribution < 1.29 is 26.3 Å². The lowest BCUT2D eigenvalue weighted by molar-refractivity contribution is -0.143. The van der Waals surface area contributed by atoms with Crippen molar-refractivity contribution >= 4 is 18.2 Å². The summed E-state index contributed by atoms with van der Waals surface area (Å²) in [7, 11) is 2.08. The molecule has 10 heteroatoms. The smallest absolute Gasteiger partial charge is 0.304 e. The van der Waals surface area contributed by atoms with Crippen LogP contribution in [-0.4, -0.2) is 48.6 Å². The topological polar surface area (TPSA) is 18.8 Å². The molecule has 0 bridgehead atoms. The largest absolute Gasteiger partial charge is 0.416 e. The van der Waals surface area contributed by atoms with Crippen LogP contribution < -0.4 is 0 Å². The van der Waals surface area contributed by atoms with Gasteiger partial charge in [-0.05, 0) is 60.5 Å². The Morgan fingerprint density at radius 2 is 1.42 bits per heavy atom. The Balaban J connectivity index is 1.65. The molecule has 0 N–H and O–H groups in total. The van der Waals surface area contributed by atoms with Gasteiger partial charge in [-0.2, -0.15) is 26.3 Å². The lowest BCUT2D eigenvalue weighted by atomic mass is 10.1. The fraction of sp³-hybridized carbons (Fsp3) is 0.381. The maximum absolute atomic E-state index is 12.9. The summed E-state index contributed by atoms with van der Waals surface area (Å²) in [4.78, 5) is 7.35. The SMILES string of the molecule is CN1CCN(Sc2ccc(C/N=C/c3cc(C(F)(F)F)cc(C(F)(F)F)c3)cc2)CC1. The minimum atomic E-state index is -4.87. The normalized spacial score (nSPS) is 16.9. The van der Waals surface area contributed by atoms with Crippen molar-refractivity contribution in [1.82, 2.24) is 9.21 Å². The number of halogens is 6. The zero-order valence-corrected chi connectivity index (χ0v) is 17.5. The first-order valence-corrected chi connectivity index (χ1v) is 10.3. The molecule has 31 heavy (non-hydrogen) atoms. The standard InChI is InChI=1S/C21H21F6N3S/c1-29-6-8-30(9-7-29)31-19-4-2-15(3-5-19)13-28-14-16-10-17(20(22,23)24)12-18(11-16)21(25,26)27/h2-5,10-12,14H,6-9,13H2,1H3/b28-14+. The van der Waals surface area contributed by atoms with Crippen molar-refractivity contribution in [2.45, 2.75) is 23.8 Å². The van der Waals surface area contributed by atoms with Gasteiger partial charge in [0.25, 0.3) is 0 Å². The first kappa shape index (κ1) is 23.6. The van der Waals surface area contributed by atoms with Crippen molar-refractivity contribution in [1.29, 1.82) is 0 Å². The van der Waals surface area contributed by atoms with Crippen LogP contribution in [-0.2, 0) is 18.9 Å². The van der Waals surface area contributed by atoms with Crippen LogP contribution in [0.1, 0.15) is 22.3 Å². The van der Waals surface area contributed by atoms with Crippen molar-refractivity contribution in [3.63, 3.8) is 0 Å². The molecule has 0 saturated carbocycles. The summed E-state index contributed by atoms with van der Waals surface area (Å²) in [5.74, 6) is 0. The molecule has 0 amide bonds. The third kappa shape index (κ3) is 6.98. The van der Waals surface area contributed by atoms with E-state index in [2.05, 4.69) is 21.2 Å². The second kappa shape index (κ2) is 9.62. The third-order valence-corrected chi connectivity index (χ3v) is 5.85. The summed E-state index contributed by atoms with van der Waals surface area (Å²) in [6.07, 6.45) is -8.71. The summed E-state index contributed by atoms with van der Waals surface area (Å²) < 4.78 is 79.8. The molecule has 3 nitrogen and oxygen atoms in total. The Kier molecular flexibility index (Phi) is 7.33. The van der Waals surface area contributed by atoms with Gasteiger partial charge in [0.1, 0.15) is 0 Å². The number of piperazine rings is 1. The zero-order chi connectivity index (χ0) is 22.6. The van der Waals surface area contributed by atoms with E-state index in [1.165, 1.54) is 0 Å². The van der Waals surface area contributed by atoms with Crippen LogP contribution in [0.2, 0.25) is 0 Å². The summed E-state index contributed by atoms with van der Waals surface area (Å²) in [5.41, 5.74) is -2.14. The Morgan fingerprint density at radius 1 is 0.871 bits per heavy atom. The van der Waals surface area contributed by atoms with Gasteiger partial charge < -0.3 is 4.90 Å². The third-order valence-electron chi connectivity index (χ3n) is 4.74. The summed E-state index contributed by atoms with van der Waals surface area (Å²) >= 11 is 1.66. The second-order valence-electron chi connectivity index (χ2n) is 7.28. The number of alkyl halides is 6. The molecule has 3 rings (SSSR count). The van der Waals surface area contributed by atoms with E-state index in [0.29, 0.717) is 12.1 Å². The van der Waals surface area contributed by atoms with Crippen molar-refractivity contribution in [2.24, 2.45) is 4.99 Å². The van der Waals surface area contributed by atoms with Gasteiger partial charge in [0.15, 0.2) is 0 Å². The van der Waals surface area contributed by atoms with Crippen molar-refractivity contribution in [3.8, 4) is 0 Å². The summed E-state index contributed by atoms with van der Waals surface area (Å²) in [5, 5.41) is 0. The van der Waals surface area contributed by atoms with Crippen molar-refractivity contribution in [3.05, 3.63) is 64.7 Å². The molecule has 0 radical (unpaired) electrons. The molecular formula is C21H21F6N3S. The molecule has 168 valence electrons. The van der Waals surface area contributed by atoms with E-state index in [-0.39, 0.29) is 18.2 Å². The van der Waals surface area contributed by atoms with E-state index >= 15 is 0 Å². The highest BCUT2D eigenvalue weighted by molar-refractivity contribution is 7.97. The highest BCUT2D eigenvalue weighted by Crippen LogP contribution is 2.36. The molecule has 2 aromatic carbocycles. The number of likely N-dealkylation sites (N-methyl/N-ethyl adjacent to an activating group) is 1. The first-order chi connectivity index (χ1) is 14.5. The van der Waals surface area contributed by atoms with Crippen LogP contribution in [0.4, 0.5) is 26.3 Å². The van der Waals surface area contributed by atoms with E-state index in [1.807, 2.05) is 24.3 Å². The fourth-order valence-corrected chi connectivity index (χ4v) is 3.90. The Hall–Kier alpha value is -2.04. The number of hydrogen-bond donors (Lipinski definition) is 0. The van der Waals surface area contributed by atoms with Crippen LogP contribution in [0.15, 0.2) is 52.4 Å². The number of nitrogens with zero attached hydrogens (tertiary/aromatic N) is 3. The number of aliphatic imine (C=N–C) groups is 1. The summed E-state index contributed by atoms with van der Waals surface area (Å²) in [6.45, 7) is 4.09. The minimum absolute atomic E-state index is 0.105. The van der Waals surface area contributed by atoms with E-state index < -0.39 is 23.5 Å². The molecule has 0 aromatic heterocycles. The van der Waals surface area contributed by atoms with Gasteiger partial charge in [-0.3, -0.25) is 4.99 Å². The molecule has 0 unspecified atom stereocenters. The van der Waals surface area contributed by atoms with Gasteiger partial charge in [0.05, 0.1) is 17.7 Å². The quantitative estimate of drug-likeness (QED) is 0.328. The van der Waals surface area contributed by atoms with E-state index in [4.69, 9.17) is 0 Å². The fourth-order valence-electron chi connectivity index (χ4n) is 2.99. The van der Waals surface area contributed by atoms with Gasteiger partial charge in [0.2, 0.25) is 0 Å². The molecular weight excluding hydrogens is 440 g/mol. The monoisotopic (exact) mass is 461 g/mol. The Bertz CT molecular complexity index is 869. The Labute approximate surface area is 180 Å². The van der Waals surface area contributed by atoms with E-state index in [0.717, 1.165) is 42.9 Å². The van der Waals surface area contributed by atoms with E-state index in [9.17, 15) is 26.3 Å². The van der Waals surface area contributed by atoms with Crippen LogP contribution in [0.3, 0.4) is 0 Å². The molecule has 1 fully saturated rings. The van der Waals surface area contributed by atoms with Gasteiger partial charge in [0, 0.05) is 37.3 Å². The highest BCUT2D eigenvalue weighted by atomic mass is 32.2. The second-order valence-corrected chi connectivity index (χ2v) is 8.45. The predicted molar refractivity (Wildman–Crippen MR) is 109 cm³/mol. The predicted octanol–water partition coefficient (Wildman–Crippen LogP) is 5.60. The van der Waals surface area contributed by atoms with E-state index in [1.54, 1.807) is 11.9 Å². The highest BCUT2D eigenvalue weighted by Gasteiger charge is 2.36.